The van der Waals surface area contributed by atoms with Crippen LogP contribution >= 0.6 is 50.7 Å². The number of nitrogens with one attached hydrogen (secondary N) is 1. The van der Waals surface area contributed by atoms with Crippen LogP contribution in [0.15, 0.2) is 40.9 Å². The number of amides is 2. The highest BCUT2D eigenvalue weighted by Gasteiger charge is 2.32. The molecule has 0 heterocycles. The lowest BCUT2D eigenvalue weighted by Crippen LogP contribution is -2.53. The average molecular weight is 654 g/mol. The number of rotatable bonds is 9. The number of halogens is 4. The Morgan fingerprint density at radius 3 is 2.32 bits per heavy atom. The Morgan fingerprint density at radius 1 is 1.05 bits per heavy atom. The first-order valence-corrected chi connectivity index (χ1v) is 15.6. The Balaban J connectivity index is 1.92. The second kappa shape index (κ2) is 13.0. The van der Waals surface area contributed by atoms with E-state index in [0.29, 0.717) is 0 Å². The highest BCUT2D eigenvalue weighted by atomic mass is 79.9. The van der Waals surface area contributed by atoms with Crippen molar-refractivity contribution in [2.45, 2.75) is 57.7 Å². The summed E-state index contributed by atoms with van der Waals surface area (Å²) in [6.45, 7) is 1.17. The van der Waals surface area contributed by atoms with Gasteiger partial charge in [0.1, 0.15) is 12.6 Å². The predicted octanol–water partition coefficient (Wildman–Crippen LogP) is 6.04. The number of carbonyl (C=O) groups is 2. The van der Waals surface area contributed by atoms with Crippen LogP contribution in [0.4, 0.5) is 5.69 Å². The number of hydrogen-bond donors (Lipinski definition) is 1. The maximum absolute atomic E-state index is 13.7. The van der Waals surface area contributed by atoms with Crippen LogP contribution < -0.4 is 9.62 Å². The summed E-state index contributed by atoms with van der Waals surface area (Å²) >= 11 is 21.9. The molecule has 0 spiro atoms. The van der Waals surface area contributed by atoms with Gasteiger partial charge in [0.25, 0.3) is 0 Å². The fourth-order valence-corrected chi connectivity index (χ4v) is 6.27. The molecule has 1 saturated carbocycles. The maximum atomic E-state index is 13.7. The van der Waals surface area contributed by atoms with Crippen LogP contribution in [-0.2, 0) is 26.2 Å². The highest BCUT2D eigenvalue weighted by Crippen LogP contribution is 2.35. The second-order valence-corrected chi connectivity index (χ2v) is 13.2. The molecule has 0 bridgehead atoms. The Morgan fingerprint density at radius 2 is 1.70 bits per heavy atom. The van der Waals surface area contributed by atoms with Crippen LogP contribution in [0.3, 0.4) is 0 Å². The molecule has 1 aliphatic rings. The summed E-state index contributed by atoms with van der Waals surface area (Å²) < 4.78 is 27.2. The zero-order valence-electron chi connectivity index (χ0n) is 20.5. The average Bonchev–Trinajstić information content (AvgIpc) is 2.83. The van der Waals surface area contributed by atoms with Gasteiger partial charge in [0.15, 0.2) is 0 Å². The number of benzene rings is 2. The topological polar surface area (TPSA) is 86.8 Å². The SMILES string of the molecule is C[C@@H](C(=O)NC1CCCCC1)N(Cc1cccc(Br)c1)C(=O)CN(c1cc(Cl)c(Cl)cc1Cl)S(C)(=O)=O. The minimum atomic E-state index is -3.96. The highest BCUT2D eigenvalue weighted by molar-refractivity contribution is 9.10. The first kappa shape index (κ1) is 30.0. The first-order chi connectivity index (χ1) is 17.4. The largest absolute Gasteiger partial charge is 0.352 e. The molecule has 0 saturated heterocycles. The molecule has 3 rings (SSSR count). The quantitative estimate of drug-likeness (QED) is 0.335. The summed E-state index contributed by atoms with van der Waals surface area (Å²) in [5.41, 5.74) is 0.798. The van der Waals surface area contributed by atoms with E-state index in [1.54, 1.807) is 6.92 Å². The standard InChI is InChI=1S/C25H29BrCl3N3O4S/c1-16(25(34)30-19-9-4-3-5-10-19)31(14-17-7-6-8-18(26)11-17)24(33)15-32(37(2,35)36)23-13-21(28)20(27)12-22(23)29/h6-8,11-13,16,19H,3-5,9-10,14-15H2,1-2H3,(H,30,34)/t16-/m0/s1. The van der Waals surface area contributed by atoms with Gasteiger partial charge in [0, 0.05) is 17.1 Å². The molecule has 0 unspecified atom stereocenters. The van der Waals surface area contributed by atoms with E-state index in [1.807, 2.05) is 24.3 Å². The molecule has 0 radical (unpaired) electrons. The molecule has 2 aromatic carbocycles. The fraction of sp³-hybridized carbons (Fsp3) is 0.440. The van der Waals surface area contributed by atoms with Crippen LogP contribution in [-0.4, -0.2) is 50.0 Å². The molecule has 1 aliphatic carbocycles. The van der Waals surface area contributed by atoms with Gasteiger partial charge in [-0.05, 0) is 49.6 Å². The van der Waals surface area contributed by atoms with E-state index >= 15 is 0 Å². The smallest absolute Gasteiger partial charge is 0.244 e. The van der Waals surface area contributed by atoms with Crippen molar-refractivity contribution in [1.82, 2.24) is 10.2 Å². The molecular weight excluding hydrogens is 625 g/mol. The second-order valence-electron chi connectivity index (χ2n) is 9.16. The number of nitrogens with zero attached hydrogens (tertiary/aromatic N) is 2. The minimum Gasteiger partial charge on any atom is -0.352 e. The van der Waals surface area contributed by atoms with Crippen LogP contribution in [0.5, 0.6) is 0 Å². The molecule has 37 heavy (non-hydrogen) atoms. The Kier molecular flexibility index (Phi) is 10.6. The van der Waals surface area contributed by atoms with E-state index < -0.39 is 28.5 Å². The third kappa shape index (κ3) is 8.23. The normalized spacial score (nSPS) is 15.2. The Hall–Kier alpha value is -1.52. The molecule has 2 aromatic rings. The first-order valence-electron chi connectivity index (χ1n) is 11.8. The summed E-state index contributed by atoms with van der Waals surface area (Å²) in [6, 6.07) is 9.20. The maximum Gasteiger partial charge on any atom is 0.244 e. The Labute approximate surface area is 241 Å². The van der Waals surface area contributed by atoms with Crippen LogP contribution in [0, 0.1) is 0 Å². The van der Waals surface area contributed by atoms with Gasteiger partial charge in [-0.1, -0.05) is 82.1 Å². The molecule has 1 atom stereocenters. The van der Waals surface area contributed by atoms with Gasteiger partial charge >= 0.3 is 0 Å². The van der Waals surface area contributed by atoms with Crippen molar-refractivity contribution in [2.24, 2.45) is 0 Å². The van der Waals surface area contributed by atoms with E-state index in [1.165, 1.54) is 17.0 Å². The van der Waals surface area contributed by atoms with E-state index in [4.69, 9.17) is 34.8 Å². The molecule has 0 aromatic heterocycles. The molecule has 7 nitrogen and oxygen atoms in total. The van der Waals surface area contributed by atoms with Crippen molar-refractivity contribution in [3.05, 3.63) is 61.5 Å². The van der Waals surface area contributed by atoms with Gasteiger partial charge in [0.2, 0.25) is 21.8 Å². The van der Waals surface area contributed by atoms with Gasteiger partial charge in [-0.2, -0.15) is 0 Å². The molecule has 202 valence electrons. The lowest BCUT2D eigenvalue weighted by Gasteiger charge is -2.33. The van der Waals surface area contributed by atoms with Crippen molar-refractivity contribution < 1.29 is 18.0 Å². The number of carbonyl (C=O) groups excluding carboxylic acids is 2. The van der Waals surface area contributed by atoms with Crippen LogP contribution in [0.1, 0.15) is 44.6 Å². The predicted molar refractivity (Wildman–Crippen MR) is 153 cm³/mol. The number of hydrogen-bond acceptors (Lipinski definition) is 4. The lowest BCUT2D eigenvalue weighted by atomic mass is 9.95. The molecule has 12 heteroatoms. The third-order valence-electron chi connectivity index (χ3n) is 6.30. The fourth-order valence-electron chi connectivity index (χ4n) is 4.28. The van der Waals surface area contributed by atoms with E-state index in [9.17, 15) is 18.0 Å². The summed E-state index contributed by atoms with van der Waals surface area (Å²) in [5, 5.41) is 3.33. The van der Waals surface area contributed by atoms with Crippen LogP contribution in [0.2, 0.25) is 15.1 Å². The lowest BCUT2D eigenvalue weighted by molar-refractivity contribution is -0.139. The van der Waals surface area contributed by atoms with E-state index in [0.717, 1.165) is 52.7 Å². The van der Waals surface area contributed by atoms with Crippen molar-refractivity contribution in [2.75, 3.05) is 17.1 Å². The van der Waals surface area contributed by atoms with Gasteiger partial charge < -0.3 is 10.2 Å². The third-order valence-corrected chi connectivity index (χ3v) is 8.94. The van der Waals surface area contributed by atoms with Gasteiger partial charge in [0.05, 0.1) is 27.0 Å². The van der Waals surface area contributed by atoms with Crippen molar-refractivity contribution in [3.63, 3.8) is 0 Å². The van der Waals surface area contributed by atoms with Crippen LogP contribution in [0.25, 0.3) is 0 Å². The van der Waals surface area contributed by atoms with E-state index in [2.05, 4.69) is 21.2 Å². The number of sulfonamides is 1. The molecule has 1 fully saturated rings. The Bertz CT molecular complexity index is 1260. The van der Waals surface area contributed by atoms with Crippen molar-refractivity contribution in [1.29, 1.82) is 0 Å². The summed E-state index contributed by atoms with van der Waals surface area (Å²) in [4.78, 5) is 28.3. The molecule has 0 aliphatic heterocycles. The number of anilines is 1. The monoisotopic (exact) mass is 651 g/mol. The summed E-state index contributed by atoms with van der Waals surface area (Å²) in [6.07, 6.45) is 6.01. The minimum absolute atomic E-state index is 0.0219. The van der Waals surface area contributed by atoms with Gasteiger partial charge in [-0.15, -0.1) is 0 Å². The summed E-state index contributed by atoms with van der Waals surface area (Å²) in [7, 11) is -3.96. The zero-order chi connectivity index (χ0) is 27.3. The van der Waals surface area contributed by atoms with Gasteiger partial charge in [-0.25, -0.2) is 8.42 Å². The van der Waals surface area contributed by atoms with E-state index in [-0.39, 0.29) is 39.2 Å². The van der Waals surface area contributed by atoms with Gasteiger partial charge in [-0.3, -0.25) is 13.9 Å². The molecular formula is C25H29BrCl3N3O4S. The molecule has 2 amide bonds. The zero-order valence-corrected chi connectivity index (χ0v) is 25.2. The van der Waals surface area contributed by atoms with Crippen molar-refractivity contribution >= 4 is 78.3 Å². The summed E-state index contributed by atoms with van der Waals surface area (Å²) in [5.74, 6) is -0.854. The van der Waals surface area contributed by atoms with Crippen molar-refractivity contribution in [3.8, 4) is 0 Å². The molecule has 1 N–H and O–H groups in total.